The van der Waals surface area contributed by atoms with Crippen molar-refractivity contribution in [2.75, 3.05) is 20.1 Å². The van der Waals surface area contributed by atoms with Gasteiger partial charge < -0.3 is 4.90 Å². The van der Waals surface area contributed by atoms with E-state index in [1.54, 1.807) is 11.1 Å². The zero-order valence-corrected chi connectivity index (χ0v) is 11.4. The maximum Gasteiger partial charge on any atom is 0.00155 e. The van der Waals surface area contributed by atoms with Gasteiger partial charge in [0, 0.05) is 6.54 Å². The van der Waals surface area contributed by atoms with Crippen LogP contribution in [0.15, 0.2) is 24.3 Å². The topological polar surface area (TPSA) is 3.24 Å². The minimum Gasteiger partial charge on any atom is -0.306 e. The van der Waals surface area contributed by atoms with E-state index in [0.717, 1.165) is 11.8 Å². The first kappa shape index (κ1) is 12.6. The van der Waals surface area contributed by atoms with Crippen molar-refractivity contribution in [1.82, 2.24) is 4.90 Å². The van der Waals surface area contributed by atoms with Gasteiger partial charge in [0.2, 0.25) is 0 Å². The van der Waals surface area contributed by atoms with Crippen LogP contribution in [0.1, 0.15) is 43.7 Å². The summed E-state index contributed by atoms with van der Waals surface area (Å²) in [4.78, 5) is 2.51. The Bertz CT molecular complexity index is 358. The Kier molecular flexibility index (Phi) is 4.22. The Morgan fingerprint density at radius 1 is 1.29 bits per heavy atom. The molecule has 1 aromatic carbocycles. The molecule has 0 heterocycles. The number of hydrogen-bond donors (Lipinski definition) is 0. The zero-order chi connectivity index (χ0) is 12.3. The van der Waals surface area contributed by atoms with Crippen LogP contribution in [0.5, 0.6) is 0 Å². The highest BCUT2D eigenvalue weighted by molar-refractivity contribution is 5.35. The van der Waals surface area contributed by atoms with Crippen molar-refractivity contribution in [3.63, 3.8) is 0 Å². The molecule has 17 heavy (non-hydrogen) atoms. The molecule has 1 heteroatoms. The minimum atomic E-state index is 0.732. The Hall–Kier alpha value is -0.820. The van der Waals surface area contributed by atoms with Gasteiger partial charge in [0.25, 0.3) is 0 Å². The van der Waals surface area contributed by atoms with Gasteiger partial charge in [-0.15, -0.1) is 0 Å². The van der Waals surface area contributed by atoms with Crippen LogP contribution in [-0.2, 0) is 6.42 Å². The fourth-order valence-corrected chi connectivity index (χ4v) is 3.02. The smallest absolute Gasteiger partial charge is 0.00155 e. The van der Waals surface area contributed by atoms with Gasteiger partial charge in [-0.1, -0.05) is 44.5 Å². The average molecular weight is 231 g/mol. The van der Waals surface area contributed by atoms with Crippen LogP contribution in [0.25, 0.3) is 0 Å². The lowest BCUT2D eigenvalue weighted by Gasteiger charge is -2.23. The fraction of sp³-hybridized carbons (Fsp3) is 0.625. The van der Waals surface area contributed by atoms with Gasteiger partial charge in [-0.05, 0) is 49.4 Å². The zero-order valence-electron chi connectivity index (χ0n) is 11.4. The molecule has 0 radical (unpaired) electrons. The molecule has 0 amide bonds. The number of hydrogen-bond acceptors (Lipinski definition) is 1. The summed E-state index contributed by atoms with van der Waals surface area (Å²) < 4.78 is 0. The van der Waals surface area contributed by atoms with Gasteiger partial charge >= 0.3 is 0 Å². The van der Waals surface area contributed by atoms with Gasteiger partial charge in [0.05, 0.1) is 0 Å². The SMILES string of the molecule is CCCCN(C)C[C@@H]1Cc2ccccc2[C@@H]1C. The van der Waals surface area contributed by atoms with E-state index < -0.39 is 0 Å². The molecule has 0 aromatic heterocycles. The van der Waals surface area contributed by atoms with E-state index >= 15 is 0 Å². The van der Waals surface area contributed by atoms with Crippen LogP contribution in [-0.4, -0.2) is 25.0 Å². The number of unbranched alkanes of at least 4 members (excludes halogenated alkanes) is 1. The molecule has 2 atom stereocenters. The first-order valence-electron chi connectivity index (χ1n) is 6.98. The molecular formula is C16H25N. The van der Waals surface area contributed by atoms with E-state index in [-0.39, 0.29) is 0 Å². The summed E-state index contributed by atoms with van der Waals surface area (Å²) in [7, 11) is 2.27. The van der Waals surface area contributed by atoms with Crippen LogP contribution in [0.3, 0.4) is 0 Å². The monoisotopic (exact) mass is 231 g/mol. The Labute approximate surface area is 106 Å². The molecule has 0 spiro atoms. The second kappa shape index (κ2) is 5.68. The van der Waals surface area contributed by atoms with Crippen molar-refractivity contribution in [1.29, 1.82) is 0 Å². The summed E-state index contributed by atoms with van der Waals surface area (Å²) in [5.74, 6) is 1.55. The van der Waals surface area contributed by atoms with E-state index in [1.165, 1.54) is 32.4 Å². The Morgan fingerprint density at radius 3 is 2.76 bits per heavy atom. The van der Waals surface area contributed by atoms with Crippen LogP contribution >= 0.6 is 0 Å². The maximum atomic E-state index is 2.51. The highest BCUT2D eigenvalue weighted by Gasteiger charge is 2.29. The summed E-state index contributed by atoms with van der Waals surface area (Å²) in [6.45, 7) is 7.15. The summed E-state index contributed by atoms with van der Waals surface area (Å²) in [5.41, 5.74) is 3.16. The molecule has 0 N–H and O–H groups in total. The molecule has 1 nitrogen and oxygen atoms in total. The van der Waals surface area contributed by atoms with Crippen molar-refractivity contribution < 1.29 is 0 Å². The maximum absolute atomic E-state index is 2.51. The molecule has 1 aromatic rings. The van der Waals surface area contributed by atoms with Gasteiger partial charge in [-0.25, -0.2) is 0 Å². The lowest BCUT2D eigenvalue weighted by atomic mass is 9.94. The number of nitrogens with zero attached hydrogens (tertiary/aromatic N) is 1. The Balaban J connectivity index is 1.93. The predicted octanol–water partition coefficient (Wildman–Crippen LogP) is 3.69. The summed E-state index contributed by atoms with van der Waals surface area (Å²) in [5, 5.41) is 0. The molecule has 0 unspecified atom stereocenters. The quantitative estimate of drug-likeness (QED) is 0.747. The third-order valence-corrected chi connectivity index (χ3v) is 4.17. The molecule has 0 saturated heterocycles. The highest BCUT2D eigenvalue weighted by Crippen LogP contribution is 2.37. The normalized spacial score (nSPS) is 23.1. The minimum absolute atomic E-state index is 0.732. The van der Waals surface area contributed by atoms with Gasteiger partial charge in [0.15, 0.2) is 0 Å². The lowest BCUT2D eigenvalue weighted by molar-refractivity contribution is 0.261. The number of rotatable bonds is 5. The van der Waals surface area contributed by atoms with Gasteiger partial charge in [0.1, 0.15) is 0 Å². The molecule has 0 aliphatic heterocycles. The first-order chi connectivity index (χ1) is 8.22. The van der Waals surface area contributed by atoms with E-state index in [0.29, 0.717) is 0 Å². The molecule has 0 fully saturated rings. The van der Waals surface area contributed by atoms with Crippen LogP contribution in [0.4, 0.5) is 0 Å². The highest BCUT2D eigenvalue weighted by atomic mass is 15.1. The largest absolute Gasteiger partial charge is 0.306 e. The van der Waals surface area contributed by atoms with Crippen LogP contribution in [0, 0.1) is 5.92 Å². The average Bonchev–Trinajstić information content (AvgIpc) is 2.64. The Morgan fingerprint density at radius 2 is 2.06 bits per heavy atom. The third kappa shape index (κ3) is 2.90. The summed E-state index contributed by atoms with van der Waals surface area (Å²) in [6.07, 6.45) is 3.89. The van der Waals surface area contributed by atoms with Crippen molar-refractivity contribution >= 4 is 0 Å². The van der Waals surface area contributed by atoms with Gasteiger partial charge in [-0.2, -0.15) is 0 Å². The molecule has 1 aliphatic rings. The fourth-order valence-electron chi connectivity index (χ4n) is 3.02. The molecule has 1 aliphatic carbocycles. The summed E-state index contributed by atoms with van der Waals surface area (Å²) >= 11 is 0. The molecule has 94 valence electrons. The third-order valence-electron chi connectivity index (χ3n) is 4.17. The van der Waals surface area contributed by atoms with E-state index in [4.69, 9.17) is 0 Å². The second-order valence-corrected chi connectivity index (χ2v) is 5.57. The first-order valence-corrected chi connectivity index (χ1v) is 6.98. The van der Waals surface area contributed by atoms with Crippen molar-refractivity contribution in [2.45, 2.75) is 39.0 Å². The molecule has 2 rings (SSSR count). The standard InChI is InChI=1S/C16H25N/c1-4-5-10-17(3)12-15-11-14-8-6-7-9-16(14)13(15)2/h6-9,13,15H,4-5,10-12H2,1-3H3/t13-,15+/m1/s1. The molecule has 0 saturated carbocycles. The van der Waals surface area contributed by atoms with Gasteiger partial charge in [-0.3, -0.25) is 0 Å². The molecular weight excluding hydrogens is 206 g/mol. The number of benzene rings is 1. The van der Waals surface area contributed by atoms with E-state index in [9.17, 15) is 0 Å². The van der Waals surface area contributed by atoms with E-state index in [1.807, 2.05) is 0 Å². The van der Waals surface area contributed by atoms with Crippen molar-refractivity contribution in [3.05, 3.63) is 35.4 Å². The van der Waals surface area contributed by atoms with E-state index in [2.05, 4.69) is 50.1 Å². The number of fused-ring (bicyclic) bond motifs is 1. The predicted molar refractivity (Wildman–Crippen MR) is 74.5 cm³/mol. The van der Waals surface area contributed by atoms with Crippen LogP contribution in [0.2, 0.25) is 0 Å². The van der Waals surface area contributed by atoms with Crippen LogP contribution < -0.4 is 0 Å². The lowest BCUT2D eigenvalue weighted by Crippen LogP contribution is -2.28. The second-order valence-electron chi connectivity index (χ2n) is 5.57. The van der Waals surface area contributed by atoms with Crippen molar-refractivity contribution in [3.8, 4) is 0 Å². The van der Waals surface area contributed by atoms with Crippen molar-refractivity contribution in [2.24, 2.45) is 5.92 Å². The summed E-state index contributed by atoms with van der Waals surface area (Å²) in [6, 6.07) is 8.97. The molecule has 0 bridgehead atoms.